The number of methoxy groups -OCH3 is 1. The summed E-state index contributed by atoms with van der Waals surface area (Å²) in [6.07, 6.45) is 0.742. The number of nitrogens with one attached hydrogen (secondary N) is 1. The summed E-state index contributed by atoms with van der Waals surface area (Å²) in [7, 11) is 1.32. The van der Waals surface area contributed by atoms with Crippen molar-refractivity contribution >= 4 is 11.9 Å². The fourth-order valence-electron chi connectivity index (χ4n) is 1.28. The molecule has 0 aliphatic heterocycles. The van der Waals surface area contributed by atoms with E-state index in [0.29, 0.717) is 24.2 Å². The molecule has 0 saturated heterocycles. The lowest BCUT2D eigenvalue weighted by molar-refractivity contribution is 0.0600. The predicted molar refractivity (Wildman–Crippen MR) is 63.8 cm³/mol. The van der Waals surface area contributed by atoms with Crippen molar-refractivity contribution in [3.8, 4) is 0 Å². The van der Waals surface area contributed by atoms with Crippen molar-refractivity contribution in [3.05, 3.63) is 35.4 Å². The van der Waals surface area contributed by atoms with Crippen LogP contribution in [0.4, 0.5) is 0 Å². The molecule has 0 aliphatic rings. The Balaban J connectivity index is 2.61. The minimum Gasteiger partial charge on any atom is -0.465 e. The molecule has 0 heterocycles. The van der Waals surface area contributed by atoms with E-state index in [1.807, 2.05) is 0 Å². The second kappa shape index (κ2) is 6.65. The molecule has 17 heavy (non-hydrogen) atoms. The smallest absolute Gasteiger partial charge is 0.337 e. The predicted octanol–water partition coefficient (Wildman–Crippen LogP) is 0.552. The zero-order valence-corrected chi connectivity index (χ0v) is 9.73. The van der Waals surface area contributed by atoms with Gasteiger partial charge in [0.15, 0.2) is 0 Å². The van der Waals surface area contributed by atoms with Gasteiger partial charge in [0.2, 0.25) is 0 Å². The molecule has 5 nitrogen and oxygen atoms in total. The van der Waals surface area contributed by atoms with E-state index in [1.165, 1.54) is 7.11 Å². The highest BCUT2D eigenvalue weighted by molar-refractivity contribution is 5.96. The molecule has 5 heteroatoms. The number of ether oxygens (including phenoxy) is 1. The molecule has 3 N–H and O–H groups in total. The largest absolute Gasteiger partial charge is 0.465 e. The van der Waals surface area contributed by atoms with Crippen LogP contribution in [0, 0.1) is 0 Å². The Morgan fingerprint density at radius 1 is 1.24 bits per heavy atom. The van der Waals surface area contributed by atoms with Crippen LogP contribution in [0.5, 0.6) is 0 Å². The maximum atomic E-state index is 11.6. The average Bonchev–Trinajstić information content (AvgIpc) is 2.38. The summed E-state index contributed by atoms with van der Waals surface area (Å²) in [6.45, 7) is 1.09. The quantitative estimate of drug-likeness (QED) is 0.578. The molecule has 1 rings (SSSR count). The first kappa shape index (κ1) is 13.2. The molecule has 0 bridgehead atoms. The molecular weight excluding hydrogens is 220 g/mol. The molecule has 0 atom stereocenters. The van der Waals surface area contributed by atoms with Crippen LogP contribution >= 0.6 is 0 Å². The number of benzene rings is 1. The molecule has 0 radical (unpaired) electrons. The minimum absolute atomic E-state index is 0.171. The molecule has 92 valence electrons. The van der Waals surface area contributed by atoms with Crippen molar-refractivity contribution in [1.29, 1.82) is 0 Å². The Labute approximate surface area is 99.9 Å². The van der Waals surface area contributed by atoms with Gasteiger partial charge >= 0.3 is 5.97 Å². The van der Waals surface area contributed by atoms with E-state index in [-0.39, 0.29) is 5.91 Å². The van der Waals surface area contributed by atoms with Crippen molar-refractivity contribution in [2.75, 3.05) is 20.2 Å². The lowest BCUT2D eigenvalue weighted by Gasteiger charge is -2.04. The molecular formula is C12H16N2O3. The normalized spacial score (nSPS) is 9.76. The van der Waals surface area contributed by atoms with Gasteiger partial charge in [0.05, 0.1) is 12.7 Å². The maximum Gasteiger partial charge on any atom is 0.337 e. The van der Waals surface area contributed by atoms with Gasteiger partial charge in [-0.2, -0.15) is 0 Å². The van der Waals surface area contributed by atoms with Crippen LogP contribution in [-0.2, 0) is 4.74 Å². The van der Waals surface area contributed by atoms with Crippen LogP contribution in [0.1, 0.15) is 27.1 Å². The van der Waals surface area contributed by atoms with Gasteiger partial charge in [-0.05, 0) is 37.2 Å². The first-order valence-corrected chi connectivity index (χ1v) is 5.35. The fraction of sp³-hybridized carbons (Fsp3) is 0.333. The van der Waals surface area contributed by atoms with E-state index in [1.54, 1.807) is 24.3 Å². The van der Waals surface area contributed by atoms with Crippen molar-refractivity contribution in [1.82, 2.24) is 5.32 Å². The van der Waals surface area contributed by atoms with Crippen molar-refractivity contribution < 1.29 is 14.3 Å². The van der Waals surface area contributed by atoms with E-state index in [9.17, 15) is 9.59 Å². The number of carbonyl (C=O) groups is 2. The standard InChI is InChI=1S/C12H16N2O3/c1-17-12(16)10-5-3-9(4-6-10)11(15)14-8-2-7-13/h3-6H,2,7-8,13H2,1H3,(H,14,15). The van der Waals surface area contributed by atoms with Gasteiger partial charge < -0.3 is 15.8 Å². The van der Waals surface area contributed by atoms with Crippen LogP contribution in [0.15, 0.2) is 24.3 Å². The number of hydrogen-bond donors (Lipinski definition) is 2. The highest BCUT2D eigenvalue weighted by Crippen LogP contribution is 2.05. The van der Waals surface area contributed by atoms with Gasteiger partial charge in [-0.15, -0.1) is 0 Å². The molecule has 0 aliphatic carbocycles. The molecule has 0 unspecified atom stereocenters. The topological polar surface area (TPSA) is 81.4 Å². The van der Waals surface area contributed by atoms with Gasteiger partial charge in [-0.25, -0.2) is 4.79 Å². The highest BCUT2D eigenvalue weighted by Gasteiger charge is 2.08. The maximum absolute atomic E-state index is 11.6. The first-order valence-electron chi connectivity index (χ1n) is 5.35. The summed E-state index contributed by atoms with van der Waals surface area (Å²) < 4.78 is 4.56. The van der Waals surface area contributed by atoms with Crippen LogP contribution < -0.4 is 11.1 Å². The zero-order valence-electron chi connectivity index (χ0n) is 9.73. The number of rotatable bonds is 5. The molecule has 1 amide bonds. The second-order valence-electron chi connectivity index (χ2n) is 3.47. The highest BCUT2D eigenvalue weighted by atomic mass is 16.5. The molecule has 1 aromatic carbocycles. The monoisotopic (exact) mass is 236 g/mol. The van der Waals surface area contributed by atoms with Gasteiger partial charge in [0.25, 0.3) is 5.91 Å². The molecule has 0 saturated carbocycles. The van der Waals surface area contributed by atoms with Crippen LogP contribution in [0.2, 0.25) is 0 Å². The Kier molecular flexibility index (Phi) is 5.16. The Hall–Kier alpha value is -1.88. The van der Waals surface area contributed by atoms with Crippen molar-refractivity contribution in [2.24, 2.45) is 5.73 Å². The molecule has 0 spiro atoms. The fourth-order valence-corrected chi connectivity index (χ4v) is 1.28. The Morgan fingerprint density at radius 3 is 2.35 bits per heavy atom. The average molecular weight is 236 g/mol. The van der Waals surface area contributed by atoms with Gasteiger partial charge in [0.1, 0.15) is 0 Å². The first-order chi connectivity index (χ1) is 8.19. The number of hydrogen-bond acceptors (Lipinski definition) is 4. The van der Waals surface area contributed by atoms with E-state index < -0.39 is 5.97 Å². The number of carbonyl (C=O) groups excluding carboxylic acids is 2. The van der Waals surface area contributed by atoms with Gasteiger partial charge in [-0.1, -0.05) is 0 Å². The molecule has 1 aromatic rings. The number of esters is 1. The van der Waals surface area contributed by atoms with Crippen LogP contribution in [0.25, 0.3) is 0 Å². The molecule has 0 fully saturated rings. The summed E-state index contributed by atoms with van der Waals surface area (Å²) >= 11 is 0. The summed E-state index contributed by atoms with van der Waals surface area (Å²) in [4.78, 5) is 22.8. The summed E-state index contributed by atoms with van der Waals surface area (Å²) in [5.74, 6) is -0.588. The van der Waals surface area contributed by atoms with Crippen molar-refractivity contribution in [2.45, 2.75) is 6.42 Å². The van der Waals surface area contributed by atoms with Crippen LogP contribution in [-0.4, -0.2) is 32.1 Å². The minimum atomic E-state index is -0.417. The van der Waals surface area contributed by atoms with Crippen molar-refractivity contribution in [3.63, 3.8) is 0 Å². The van der Waals surface area contributed by atoms with E-state index in [4.69, 9.17) is 5.73 Å². The lowest BCUT2D eigenvalue weighted by Crippen LogP contribution is -2.25. The van der Waals surface area contributed by atoms with Crippen LogP contribution in [0.3, 0.4) is 0 Å². The van der Waals surface area contributed by atoms with Gasteiger partial charge in [0, 0.05) is 12.1 Å². The summed E-state index contributed by atoms with van der Waals surface area (Å²) in [6, 6.07) is 6.29. The third-order valence-electron chi connectivity index (χ3n) is 2.23. The zero-order chi connectivity index (χ0) is 12.7. The van der Waals surface area contributed by atoms with E-state index in [0.717, 1.165) is 6.42 Å². The van der Waals surface area contributed by atoms with E-state index >= 15 is 0 Å². The Bertz CT molecular complexity index is 387. The number of nitrogens with two attached hydrogens (primary N) is 1. The third kappa shape index (κ3) is 3.88. The van der Waals surface area contributed by atoms with E-state index in [2.05, 4.69) is 10.1 Å². The molecule has 0 aromatic heterocycles. The second-order valence-corrected chi connectivity index (χ2v) is 3.47. The Morgan fingerprint density at radius 2 is 1.82 bits per heavy atom. The lowest BCUT2D eigenvalue weighted by atomic mass is 10.1. The summed E-state index contributed by atoms with van der Waals surface area (Å²) in [5, 5.41) is 2.73. The summed E-state index contributed by atoms with van der Waals surface area (Å²) in [5.41, 5.74) is 6.25. The van der Waals surface area contributed by atoms with Gasteiger partial charge in [-0.3, -0.25) is 4.79 Å². The SMILES string of the molecule is COC(=O)c1ccc(C(=O)NCCCN)cc1. The third-order valence-corrected chi connectivity index (χ3v) is 2.23. The number of amides is 1.